The number of cyclic esters (lactones) is 1. The maximum Gasteiger partial charge on any atom is 0.333 e. The zero-order chi connectivity index (χ0) is 29.6. The van der Waals surface area contributed by atoms with E-state index in [1.54, 1.807) is 13.8 Å². The standard InChI is InChI=1S/C32H50O8/c1-19-12-20(2)14-28-27(39-28)11-9-7-8-10-21(3)31(36)38-18-26-16-24(6)30(35)32(37,40-26)29(34)17-25(33)15-23(5)22(4)13-19/h9-11,13,20,23-30,33-35,37H,1,7-8,12,14-18H2,2-6H3/b11-9-,21-10-,22-13-/t20?,23?,24-,25?,26-,27?,28?,29?,30+,32-/m1/s1. The first-order valence-electron chi connectivity index (χ1n) is 14.8. The van der Waals surface area contributed by atoms with Gasteiger partial charge < -0.3 is 34.6 Å². The molecule has 0 saturated carbocycles. The highest BCUT2D eigenvalue weighted by atomic mass is 16.7. The molecule has 0 radical (unpaired) electrons. The molecule has 0 amide bonds. The Balaban J connectivity index is 1.73. The van der Waals surface area contributed by atoms with Crippen LogP contribution in [0.3, 0.4) is 0 Å². The van der Waals surface area contributed by atoms with E-state index in [0.717, 1.165) is 30.4 Å². The SMILES string of the molecule is C=C1/C=C(/C)C(C)CC(O)CC(O)[C@@]2(O)O[C@@H](COC(=O)/C(C)=C\CC/C=C\C3OC3CC(C)C1)C[C@@H](C)[C@@H]2O. The molecule has 2 fully saturated rings. The van der Waals surface area contributed by atoms with Crippen LogP contribution in [0.15, 0.2) is 47.6 Å². The molecule has 3 heterocycles. The van der Waals surface area contributed by atoms with Crippen molar-refractivity contribution >= 4 is 5.97 Å². The Morgan fingerprint density at radius 1 is 1.02 bits per heavy atom. The van der Waals surface area contributed by atoms with Crippen LogP contribution in [0.4, 0.5) is 0 Å². The molecule has 8 heteroatoms. The van der Waals surface area contributed by atoms with Crippen molar-refractivity contribution < 1.29 is 39.4 Å². The minimum absolute atomic E-state index is 0.0132. The first-order valence-corrected chi connectivity index (χ1v) is 14.8. The van der Waals surface area contributed by atoms with Gasteiger partial charge in [0, 0.05) is 12.0 Å². The summed E-state index contributed by atoms with van der Waals surface area (Å²) in [5, 5.41) is 43.6. The van der Waals surface area contributed by atoms with Crippen molar-refractivity contribution in [3.8, 4) is 0 Å². The lowest BCUT2D eigenvalue weighted by atomic mass is 9.83. The van der Waals surface area contributed by atoms with Crippen molar-refractivity contribution in [2.45, 2.75) is 122 Å². The fourth-order valence-electron chi connectivity index (χ4n) is 5.79. The molecule has 0 aromatic carbocycles. The number of fused-ring (bicyclic) bond motifs is 3. The van der Waals surface area contributed by atoms with Gasteiger partial charge >= 0.3 is 5.97 Å². The highest BCUT2D eigenvalue weighted by Crippen LogP contribution is 2.36. The molecule has 3 aliphatic heterocycles. The van der Waals surface area contributed by atoms with Crippen LogP contribution in [0.2, 0.25) is 0 Å². The van der Waals surface area contributed by atoms with Gasteiger partial charge in [0.05, 0.1) is 18.3 Å². The lowest BCUT2D eigenvalue weighted by Crippen LogP contribution is -2.62. The van der Waals surface area contributed by atoms with Crippen molar-refractivity contribution in [1.29, 1.82) is 0 Å². The summed E-state index contributed by atoms with van der Waals surface area (Å²) in [4.78, 5) is 12.5. The molecule has 0 aromatic heterocycles. The molecule has 4 N–H and O–H groups in total. The van der Waals surface area contributed by atoms with Crippen molar-refractivity contribution in [1.82, 2.24) is 0 Å². The molecule has 40 heavy (non-hydrogen) atoms. The van der Waals surface area contributed by atoms with Gasteiger partial charge in [-0.05, 0) is 70.1 Å². The summed E-state index contributed by atoms with van der Waals surface area (Å²) in [5.74, 6) is -2.76. The molecule has 226 valence electrons. The predicted molar refractivity (Wildman–Crippen MR) is 153 cm³/mol. The van der Waals surface area contributed by atoms with E-state index in [0.29, 0.717) is 30.8 Å². The van der Waals surface area contributed by atoms with Gasteiger partial charge in [0.15, 0.2) is 0 Å². The normalized spacial score (nSPS) is 44.9. The zero-order valence-electron chi connectivity index (χ0n) is 24.8. The molecule has 8 nitrogen and oxygen atoms in total. The van der Waals surface area contributed by atoms with Crippen LogP contribution in [-0.4, -0.2) is 75.4 Å². The Bertz CT molecular complexity index is 970. The van der Waals surface area contributed by atoms with E-state index in [1.165, 1.54) is 0 Å². The van der Waals surface area contributed by atoms with Gasteiger partial charge in [-0.25, -0.2) is 4.79 Å². The summed E-state index contributed by atoms with van der Waals surface area (Å²) < 4.78 is 17.0. The maximum atomic E-state index is 12.5. The topological polar surface area (TPSA) is 129 Å². The van der Waals surface area contributed by atoms with Gasteiger partial charge in [-0.3, -0.25) is 0 Å². The van der Waals surface area contributed by atoms with Gasteiger partial charge in [-0.1, -0.05) is 62.8 Å². The number of aliphatic hydroxyl groups excluding tert-OH is 3. The summed E-state index contributed by atoms with van der Waals surface area (Å²) in [5.41, 5.74) is 2.58. The first-order chi connectivity index (χ1) is 18.8. The smallest absolute Gasteiger partial charge is 0.333 e. The number of rotatable bonds is 0. The number of allylic oxidation sites excluding steroid dienone is 5. The third kappa shape index (κ3) is 9.10. The average Bonchev–Trinajstić information content (AvgIpc) is 3.61. The zero-order valence-corrected chi connectivity index (χ0v) is 24.8. The third-order valence-corrected chi connectivity index (χ3v) is 8.46. The fraction of sp³-hybridized carbons (Fsp3) is 0.719. The molecular weight excluding hydrogens is 512 g/mol. The van der Waals surface area contributed by atoms with E-state index in [9.17, 15) is 25.2 Å². The van der Waals surface area contributed by atoms with Gasteiger partial charge in [0.25, 0.3) is 0 Å². The number of esters is 1. The summed E-state index contributed by atoms with van der Waals surface area (Å²) in [7, 11) is 0. The third-order valence-electron chi connectivity index (χ3n) is 8.46. The second-order valence-corrected chi connectivity index (χ2v) is 12.4. The summed E-state index contributed by atoms with van der Waals surface area (Å²) in [6.45, 7) is 13.8. The average molecular weight is 563 g/mol. The van der Waals surface area contributed by atoms with Crippen molar-refractivity contribution in [3.63, 3.8) is 0 Å². The Morgan fingerprint density at radius 3 is 2.48 bits per heavy atom. The van der Waals surface area contributed by atoms with Gasteiger partial charge in [-0.15, -0.1) is 0 Å². The molecular formula is C32H50O8. The van der Waals surface area contributed by atoms with Crippen molar-refractivity contribution in [2.24, 2.45) is 17.8 Å². The molecule has 6 unspecified atom stereocenters. The number of hydrogen-bond acceptors (Lipinski definition) is 8. The number of carbonyl (C=O) groups excluding carboxylic acids is 1. The van der Waals surface area contributed by atoms with E-state index in [2.05, 4.69) is 31.7 Å². The molecule has 10 atom stereocenters. The van der Waals surface area contributed by atoms with Gasteiger partial charge in [0.1, 0.15) is 24.9 Å². The summed E-state index contributed by atoms with van der Waals surface area (Å²) >= 11 is 0. The van der Waals surface area contributed by atoms with Gasteiger partial charge in [-0.2, -0.15) is 0 Å². The number of carbonyl (C=O) groups is 1. The first kappa shape index (κ1) is 32.7. The number of ether oxygens (including phenoxy) is 3. The summed E-state index contributed by atoms with van der Waals surface area (Å²) in [6.07, 6.45) is 7.70. The van der Waals surface area contributed by atoms with Crippen LogP contribution >= 0.6 is 0 Å². The lowest BCUT2D eigenvalue weighted by molar-refractivity contribution is -0.352. The maximum absolute atomic E-state index is 12.5. The number of hydrogen-bond donors (Lipinski definition) is 4. The van der Waals surface area contributed by atoms with Crippen LogP contribution in [0.25, 0.3) is 0 Å². The lowest BCUT2D eigenvalue weighted by Gasteiger charge is -2.46. The number of epoxide rings is 1. The largest absolute Gasteiger partial charge is 0.460 e. The minimum atomic E-state index is -2.29. The Hall–Kier alpha value is -1.81. The Morgan fingerprint density at radius 2 is 1.75 bits per heavy atom. The van der Waals surface area contributed by atoms with E-state index in [4.69, 9.17) is 14.2 Å². The molecule has 0 aromatic rings. The highest BCUT2D eigenvalue weighted by Gasteiger charge is 2.52. The molecule has 2 bridgehead atoms. The molecule has 0 spiro atoms. The van der Waals surface area contributed by atoms with Crippen LogP contribution < -0.4 is 0 Å². The van der Waals surface area contributed by atoms with E-state index < -0.39 is 42.1 Å². The Labute approximate surface area is 239 Å². The highest BCUT2D eigenvalue weighted by molar-refractivity contribution is 5.87. The van der Waals surface area contributed by atoms with Crippen molar-refractivity contribution in [2.75, 3.05) is 6.61 Å². The summed E-state index contributed by atoms with van der Waals surface area (Å²) in [6, 6.07) is 0. The van der Waals surface area contributed by atoms with Gasteiger partial charge in [0.2, 0.25) is 5.79 Å². The second kappa shape index (κ2) is 14.4. The van der Waals surface area contributed by atoms with E-state index in [1.807, 2.05) is 19.9 Å². The van der Waals surface area contributed by atoms with Crippen molar-refractivity contribution in [3.05, 3.63) is 47.6 Å². The Kier molecular flexibility index (Phi) is 11.8. The molecule has 3 aliphatic rings. The predicted octanol–water partition coefficient (Wildman–Crippen LogP) is 4.12. The van der Waals surface area contributed by atoms with Crippen LogP contribution in [0, 0.1) is 17.8 Å². The molecule has 0 aliphatic carbocycles. The fourth-order valence-corrected chi connectivity index (χ4v) is 5.79. The molecule has 3 rings (SSSR count). The van der Waals surface area contributed by atoms with Crippen LogP contribution in [-0.2, 0) is 19.0 Å². The monoisotopic (exact) mass is 562 g/mol. The van der Waals surface area contributed by atoms with E-state index in [-0.39, 0.29) is 31.2 Å². The quantitative estimate of drug-likeness (QED) is 0.197. The minimum Gasteiger partial charge on any atom is -0.460 e. The second-order valence-electron chi connectivity index (χ2n) is 12.4. The number of aliphatic hydroxyl groups is 4. The molecule has 2 saturated heterocycles. The van der Waals surface area contributed by atoms with Crippen LogP contribution in [0.1, 0.15) is 79.6 Å². The van der Waals surface area contributed by atoms with E-state index >= 15 is 0 Å². The van der Waals surface area contributed by atoms with Crippen LogP contribution in [0.5, 0.6) is 0 Å².